The van der Waals surface area contributed by atoms with E-state index >= 15 is 0 Å². The van der Waals surface area contributed by atoms with Gasteiger partial charge < -0.3 is 20.1 Å². The number of aromatic nitrogens is 1. The number of rotatable bonds is 3. The van der Waals surface area contributed by atoms with Gasteiger partial charge in [-0.1, -0.05) is 0 Å². The molecular weight excluding hydrogens is 246 g/mol. The van der Waals surface area contributed by atoms with Crippen molar-refractivity contribution in [2.45, 2.75) is 19.1 Å². The lowest BCUT2D eigenvalue weighted by molar-refractivity contribution is -0.0859. The highest BCUT2D eigenvalue weighted by Gasteiger charge is 2.29. The van der Waals surface area contributed by atoms with E-state index in [-0.39, 0.29) is 24.7 Å². The molecule has 19 heavy (non-hydrogen) atoms. The smallest absolute Gasteiger partial charge is 0.272 e. The molecular formula is C13H19N3O3. The molecule has 0 bridgehead atoms. The average molecular weight is 265 g/mol. The van der Waals surface area contributed by atoms with Crippen LogP contribution in [0.2, 0.25) is 0 Å². The van der Waals surface area contributed by atoms with Gasteiger partial charge in [0.15, 0.2) is 0 Å². The highest BCUT2D eigenvalue weighted by atomic mass is 16.5. The first-order chi connectivity index (χ1) is 9.13. The number of carbonyl (C=O) groups excluding carboxylic acids is 1. The van der Waals surface area contributed by atoms with Gasteiger partial charge in [-0.2, -0.15) is 0 Å². The molecule has 1 aliphatic heterocycles. The fourth-order valence-corrected chi connectivity index (χ4v) is 2.18. The lowest BCUT2D eigenvalue weighted by Gasteiger charge is -2.35. The van der Waals surface area contributed by atoms with Crippen LogP contribution in [0.4, 0.5) is 5.69 Å². The van der Waals surface area contributed by atoms with Crippen molar-refractivity contribution >= 4 is 11.6 Å². The van der Waals surface area contributed by atoms with Crippen molar-refractivity contribution in [1.29, 1.82) is 0 Å². The zero-order chi connectivity index (χ0) is 13.8. The summed E-state index contributed by atoms with van der Waals surface area (Å²) in [4.78, 5) is 18.2. The summed E-state index contributed by atoms with van der Waals surface area (Å²) < 4.78 is 5.52. The Morgan fingerprint density at radius 3 is 3.11 bits per heavy atom. The highest BCUT2D eigenvalue weighted by Crippen LogP contribution is 2.15. The minimum Gasteiger partial charge on any atom is -0.394 e. The summed E-state index contributed by atoms with van der Waals surface area (Å²) in [6.07, 6.45) is 1.20. The van der Waals surface area contributed by atoms with Gasteiger partial charge in [-0.15, -0.1) is 0 Å². The molecule has 6 heteroatoms. The first-order valence-corrected chi connectivity index (χ1v) is 6.33. The summed E-state index contributed by atoms with van der Waals surface area (Å²) in [7, 11) is 1.79. The number of hydrogen-bond acceptors (Lipinski definition) is 5. The van der Waals surface area contributed by atoms with E-state index < -0.39 is 0 Å². The molecule has 0 aromatic carbocycles. The van der Waals surface area contributed by atoms with Gasteiger partial charge in [0.25, 0.3) is 5.91 Å². The van der Waals surface area contributed by atoms with Gasteiger partial charge in [0.1, 0.15) is 5.69 Å². The number of anilines is 1. The van der Waals surface area contributed by atoms with Crippen LogP contribution in [0.5, 0.6) is 0 Å². The summed E-state index contributed by atoms with van der Waals surface area (Å²) in [5, 5.41) is 12.2. The number of nitrogens with zero attached hydrogens (tertiary/aromatic N) is 2. The monoisotopic (exact) mass is 265 g/mol. The molecule has 1 aliphatic rings. The zero-order valence-corrected chi connectivity index (χ0v) is 11.2. The second-order valence-corrected chi connectivity index (χ2v) is 4.64. The Bertz CT molecular complexity index is 453. The molecule has 2 N–H and O–H groups in total. The zero-order valence-electron chi connectivity index (χ0n) is 11.2. The normalized spacial score (nSPS) is 23.2. The number of amides is 1. The maximum atomic E-state index is 12.4. The van der Waals surface area contributed by atoms with Gasteiger partial charge >= 0.3 is 0 Å². The van der Waals surface area contributed by atoms with Crippen LogP contribution in [-0.4, -0.2) is 59.8 Å². The quantitative estimate of drug-likeness (QED) is 0.824. The lowest BCUT2D eigenvalue weighted by Crippen LogP contribution is -2.50. The van der Waals surface area contributed by atoms with Gasteiger partial charge in [0, 0.05) is 32.0 Å². The van der Waals surface area contributed by atoms with Crippen molar-refractivity contribution in [3.63, 3.8) is 0 Å². The molecule has 1 fully saturated rings. The number of aliphatic hydroxyl groups is 1. The van der Waals surface area contributed by atoms with Crippen molar-refractivity contribution in [1.82, 2.24) is 9.88 Å². The van der Waals surface area contributed by atoms with Gasteiger partial charge in [-0.05, 0) is 19.1 Å². The van der Waals surface area contributed by atoms with Crippen molar-refractivity contribution in [3.8, 4) is 0 Å². The number of morpholine rings is 1. The van der Waals surface area contributed by atoms with E-state index in [9.17, 15) is 9.90 Å². The molecule has 2 rings (SSSR count). The molecule has 1 amide bonds. The number of nitrogens with one attached hydrogen (secondary N) is 1. The van der Waals surface area contributed by atoms with E-state index in [1.807, 2.05) is 6.92 Å². The molecule has 0 aliphatic carbocycles. The Hall–Kier alpha value is -1.66. The van der Waals surface area contributed by atoms with E-state index in [1.54, 1.807) is 30.3 Å². The summed E-state index contributed by atoms with van der Waals surface area (Å²) >= 11 is 0. The number of aliphatic hydroxyl groups excluding tert-OH is 1. The summed E-state index contributed by atoms with van der Waals surface area (Å²) in [6.45, 7) is 2.71. The Balaban J connectivity index is 2.13. The third kappa shape index (κ3) is 3.21. The molecule has 2 heterocycles. The van der Waals surface area contributed by atoms with Crippen LogP contribution < -0.4 is 5.32 Å². The standard InChI is InChI=1S/C13H19N3O3/c1-9-6-16(7-11(8-17)19-9)13(18)12-5-10(14-2)3-4-15-12/h3-5,9,11,17H,6-8H2,1-2H3,(H,14,15). The largest absolute Gasteiger partial charge is 0.394 e. The van der Waals surface area contributed by atoms with Crippen LogP contribution in [0.15, 0.2) is 18.3 Å². The van der Waals surface area contributed by atoms with Crippen LogP contribution in [0.25, 0.3) is 0 Å². The highest BCUT2D eigenvalue weighted by molar-refractivity contribution is 5.93. The van der Waals surface area contributed by atoms with E-state index in [2.05, 4.69) is 10.3 Å². The minimum absolute atomic E-state index is 0.0812. The van der Waals surface area contributed by atoms with Crippen molar-refractivity contribution in [2.75, 3.05) is 32.1 Å². The minimum atomic E-state index is -0.319. The maximum absolute atomic E-state index is 12.4. The second-order valence-electron chi connectivity index (χ2n) is 4.64. The maximum Gasteiger partial charge on any atom is 0.272 e. The third-order valence-corrected chi connectivity index (χ3v) is 3.08. The number of carbonyl (C=O) groups is 1. The van der Waals surface area contributed by atoms with Gasteiger partial charge in [0.2, 0.25) is 0 Å². The molecule has 1 saturated heterocycles. The molecule has 0 spiro atoms. The average Bonchev–Trinajstić information content (AvgIpc) is 2.45. The lowest BCUT2D eigenvalue weighted by atomic mass is 10.2. The van der Waals surface area contributed by atoms with Crippen LogP contribution in [0, 0.1) is 0 Å². The van der Waals surface area contributed by atoms with Crippen molar-refractivity contribution in [3.05, 3.63) is 24.0 Å². The van der Waals surface area contributed by atoms with Crippen LogP contribution in [0.3, 0.4) is 0 Å². The number of ether oxygens (including phenoxy) is 1. The predicted molar refractivity (Wildman–Crippen MR) is 71.1 cm³/mol. The van der Waals surface area contributed by atoms with Crippen molar-refractivity contribution < 1.29 is 14.6 Å². The fraction of sp³-hybridized carbons (Fsp3) is 0.538. The van der Waals surface area contributed by atoms with Gasteiger partial charge in [-0.25, -0.2) is 0 Å². The molecule has 0 saturated carbocycles. The molecule has 1 aromatic heterocycles. The topological polar surface area (TPSA) is 74.7 Å². The summed E-state index contributed by atoms with van der Waals surface area (Å²) in [5.74, 6) is -0.134. The second kappa shape index (κ2) is 5.99. The first-order valence-electron chi connectivity index (χ1n) is 6.33. The first kappa shape index (κ1) is 13.8. The Morgan fingerprint density at radius 2 is 2.42 bits per heavy atom. The predicted octanol–water partition coefficient (Wildman–Crippen LogP) is 0.345. The fourth-order valence-electron chi connectivity index (χ4n) is 2.18. The Labute approximate surface area is 112 Å². The number of hydrogen-bond donors (Lipinski definition) is 2. The summed E-state index contributed by atoms with van der Waals surface area (Å²) in [5.41, 5.74) is 1.25. The van der Waals surface area contributed by atoms with Crippen LogP contribution >= 0.6 is 0 Å². The molecule has 2 atom stereocenters. The van der Waals surface area contributed by atoms with E-state index in [0.29, 0.717) is 18.8 Å². The van der Waals surface area contributed by atoms with E-state index in [0.717, 1.165) is 5.69 Å². The summed E-state index contributed by atoms with van der Waals surface area (Å²) in [6, 6.07) is 3.52. The molecule has 0 radical (unpaired) electrons. The number of pyridine rings is 1. The molecule has 6 nitrogen and oxygen atoms in total. The molecule has 104 valence electrons. The van der Waals surface area contributed by atoms with Gasteiger partial charge in [0.05, 0.1) is 18.8 Å². The van der Waals surface area contributed by atoms with E-state index in [1.165, 1.54) is 0 Å². The van der Waals surface area contributed by atoms with Gasteiger partial charge in [-0.3, -0.25) is 9.78 Å². The third-order valence-electron chi connectivity index (χ3n) is 3.08. The van der Waals surface area contributed by atoms with E-state index in [4.69, 9.17) is 4.74 Å². The van der Waals surface area contributed by atoms with Crippen molar-refractivity contribution in [2.24, 2.45) is 0 Å². The Kier molecular flexibility index (Phi) is 4.34. The molecule has 1 aromatic rings. The van der Waals surface area contributed by atoms with Crippen LogP contribution in [-0.2, 0) is 4.74 Å². The molecule has 2 unspecified atom stereocenters. The SMILES string of the molecule is CNc1ccnc(C(=O)N2CC(C)OC(CO)C2)c1. The Morgan fingerprint density at radius 1 is 1.63 bits per heavy atom. The van der Waals surface area contributed by atoms with Crippen LogP contribution in [0.1, 0.15) is 17.4 Å².